The highest BCUT2D eigenvalue weighted by molar-refractivity contribution is 8.93. The van der Waals surface area contributed by atoms with Crippen molar-refractivity contribution in [3.05, 3.63) is 23.8 Å². The van der Waals surface area contributed by atoms with Crippen molar-refractivity contribution in [3.8, 4) is 11.5 Å². The smallest absolute Gasteiger partial charge is 0.122 e. The summed E-state index contributed by atoms with van der Waals surface area (Å²) in [6.07, 6.45) is 2.11. The first-order chi connectivity index (χ1) is 6.77. The van der Waals surface area contributed by atoms with Gasteiger partial charge >= 0.3 is 0 Å². The van der Waals surface area contributed by atoms with E-state index in [1.165, 1.54) is 6.07 Å². The molecular formula is C11H16BrNO2. The minimum Gasteiger partial charge on any atom is -0.508 e. The molecule has 1 aliphatic rings. The van der Waals surface area contributed by atoms with E-state index in [1.54, 1.807) is 6.07 Å². The molecule has 0 amide bonds. The van der Waals surface area contributed by atoms with Gasteiger partial charge in [-0.1, -0.05) is 6.07 Å². The maximum absolute atomic E-state index is 9.66. The Balaban J connectivity index is 0.00000112. The average Bonchev–Trinajstić information content (AvgIpc) is 2.19. The summed E-state index contributed by atoms with van der Waals surface area (Å²) in [4.78, 5) is 0. The monoisotopic (exact) mass is 273 g/mol. The van der Waals surface area contributed by atoms with Crippen LogP contribution in [-0.4, -0.2) is 23.3 Å². The zero-order valence-corrected chi connectivity index (χ0v) is 10.2. The van der Waals surface area contributed by atoms with Gasteiger partial charge in [0.1, 0.15) is 11.5 Å². The van der Waals surface area contributed by atoms with Gasteiger partial charge in [-0.2, -0.15) is 0 Å². The summed E-state index contributed by atoms with van der Waals surface area (Å²) in [7, 11) is 0. The second-order valence-corrected chi connectivity index (χ2v) is 3.77. The highest BCUT2D eigenvalue weighted by Crippen LogP contribution is 2.33. The van der Waals surface area contributed by atoms with Crippen molar-refractivity contribution < 1.29 is 10.2 Å². The number of aromatic hydroxyl groups is 2. The van der Waals surface area contributed by atoms with E-state index in [4.69, 9.17) is 5.11 Å². The third-order valence-corrected chi connectivity index (χ3v) is 2.79. The Bertz CT molecular complexity index is 324. The van der Waals surface area contributed by atoms with Gasteiger partial charge in [0, 0.05) is 6.07 Å². The Morgan fingerprint density at radius 3 is 2.40 bits per heavy atom. The Kier molecular flexibility index (Phi) is 4.42. The quantitative estimate of drug-likeness (QED) is 0.735. The fraction of sp³-hybridized carbons (Fsp3) is 0.455. The molecule has 1 heterocycles. The zero-order valence-electron chi connectivity index (χ0n) is 8.44. The van der Waals surface area contributed by atoms with Crippen molar-refractivity contribution >= 4 is 17.0 Å². The molecule has 0 bridgehead atoms. The van der Waals surface area contributed by atoms with Gasteiger partial charge in [-0.25, -0.2) is 0 Å². The molecule has 0 spiro atoms. The first-order valence-corrected chi connectivity index (χ1v) is 5.00. The van der Waals surface area contributed by atoms with E-state index < -0.39 is 0 Å². The molecule has 15 heavy (non-hydrogen) atoms. The molecule has 0 radical (unpaired) electrons. The molecule has 1 aliphatic heterocycles. The van der Waals surface area contributed by atoms with Crippen molar-refractivity contribution in [1.29, 1.82) is 0 Å². The van der Waals surface area contributed by atoms with E-state index in [1.807, 2.05) is 6.07 Å². The number of rotatable bonds is 1. The standard InChI is InChI=1S/C11H15NO2.BrH/c13-9-1-2-10(11(14)7-9)8-3-5-12-6-4-8;/h1-2,7-8,12-14H,3-6H2;1H. The number of halogens is 1. The fourth-order valence-corrected chi connectivity index (χ4v) is 2.01. The van der Waals surface area contributed by atoms with Crippen LogP contribution >= 0.6 is 17.0 Å². The Morgan fingerprint density at radius 1 is 1.13 bits per heavy atom. The van der Waals surface area contributed by atoms with Crippen LogP contribution in [0.3, 0.4) is 0 Å². The Morgan fingerprint density at radius 2 is 1.80 bits per heavy atom. The first-order valence-electron chi connectivity index (χ1n) is 5.00. The van der Waals surface area contributed by atoms with Crippen LogP contribution in [0.25, 0.3) is 0 Å². The lowest BCUT2D eigenvalue weighted by molar-refractivity contribution is 0.417. The van der Waals surface area contributed by atoms with E-state index in [2.05, 4.69) is 5.32 Å². The molecule has 0 aliphatic carbocycles. The van der Waals surface area contributed by atoms with Gasteiger partial charge < -0.3 is 15.5 Å². The largest absolute Gasteiger partial charge is 0.508 e. The van der Waals surface area contributed by atoms with Gasteiger partial charge in [-0.3, -0.25) is 0 Å². The average molecular weight is 274 g/mol. The van der Waals surface area contributed by atoms with E-state index in [-0.39, 0.29) is 28.5 Å². The van der Waals surface area contributed by atoms with Crippen LogP contribution in [0.2, 0.25) is 0 Å². The maximum Gasteiger partial charge on any atom is 0.122 e. The van der Waals surface area contributed by atoms with Crippen molar-refractivity contribution in [2.24, 2.45) is 0 Å². The molecule has 1 aromatic carbocycles. The molecule has 0 saturated carbocycles. The number of piperidine rings is 1. The second-order valence-electron chi connectivity index (χ2n) is 3.77. The van der Waals surface area contributed by atoms with Gasteiger partial charge in [0.15, 0.2) is 0 Å². The highest BCUT2D eigenvalue weighted by Gasteiger charge is 2.18. The van der Waals surface area contributed by atoms with Crippen molar-refractivity contribution in [2.45, 2.75) is 18.8 Å². The SMILES string of the molecule is Br.Oc1ccc(C2CCNCC2)c(O)c1. The highest BCUT2D eigenvalue weighted by atomic mass is 79.9. The molecular weight excluding hydrogens is 258 g/mol. The van der Waals surface area contributed by atoms with Gasteiger partial charge in [-0.05, 0) is 43.5 Å². The van der Waals surface area contributed by atoms with Gasteiger partial charge in [0.25, 0.3) is 0 Å². The van der Waals surface area contributed by atoms with Crippen LogP contribution in [0.4, 0.5) is 0 Å². The molecule has 0 unspecified atom stereocenters. The molecule has 4 heteroatoms. The summed E-state index contributed by atoms with van der Waals surface area (Å²) in [6.45, 7) is 2.01. The van der Waals surface area contributed by atoms with E-state index in [9.17, 15) is 5.11 Å². The molecule has 2 rings (SSSR count). The number of phenolic OH excluding ortho intramolecular Hbond substituents is 2. The summed E-state index contributed by atoms with van der Waals surface area (Å²) in [5.74, 6) is 0.772. The minimum atomic E-state index is 0. The van der Waals surface area contributed by atoms with E-state index in [0.29, 0.717) is 5.92 Å². The Labute approximate surface area is 99.9 Å². The van der Waals surface area contributed by atoms with E-state index >= 15 is 0 Å². The van der Waals surface area contributed by atoms with Gasteiger partial charge in [0.2, 0.25) is 0 Å². The second kappa shape index (κ2) is 5.37. The number of benzene rings is 1. The van der Waals surface area contributed by atoms with E-state index in [0.717, 1.165) is 31.5 Å². The summed E-state index contributed by atoms with van der Waals surface area (Å²) >= 11 is 0. The first kappa shape index (κ1) is 12.3. The summed E-state index contributed by atoms with van der Waals surface area (Å²) < 4.78 is 0. The molecule has 3 N–H and O–H groups in total. The summed E-state index contributed by atoms with van der Waals surface area (Å²) in [5.41, 5.74) is 0.962. The predicted octanol–water partition coefficient (Wildman–Crippen LogP) is 2.14. The van der Waals surface area contributed by atoms with Crippen molar-refractivity contribution in [1.82, 2.24) is 5.32 Å². The predicted molar refractivity (Wildman–Crippen MR) is 64.9 cm³/mol. The molecule has 84 valence electrons. The molecule has 0 atom stereocenters. The number of hydrogen-bond acceptors (Lipinski definition) is 3. The van der Waals surface area contributed by atoms with Crippen LogP contribution in [0.15, 0.2) is 18.2 Å². The molecule has 1 saturated heterocycles. The number of nitrogens with one attached hydrogen (secondary N) is 1. The Hall–Kier alpha value is -0.740. The summed E-state index contributed by atoms with van der Waals surface area (Å²) in [6, 6.07) is 4.87. The number of phenols is 2. The summed E-state index contributed by atoms with van der Waals surface area (Å²) in [5, 5.41) is 22.1. The number of hydrogen-bond donors (Lipinski definition) is 3. The minimum absolute atomic E-state index is 0. The van der Waals surface area contributed by atoms with Crippen LogP contribution in [0.5, 0.6) is 11.5 Å². The molecule has 1 fully saturated rings. The normalized spacial score (nSPS) is 17.1. The third-order valence-electron chi connectivity index (χ3n) is 2.79. The van der Waals surface area contributed by atoms with Crippen LogP contribution in [0, 0.1) is 0 Å². The lowest BCUT2D eigenvalue weighted by Gasteiger charge is -2.23. The van der Waals surface area contributed by atoms with Crippen LogP contribution in [-0.2, 0) is 0 Å². The molecule has 3 nitrogen and oxygen atoms in total. The van der Waals surface area contributed by atoms with Gasteiger partial charge in [0.05, 0.1) is 0 Å². The molecule has 1 aromatic rings. The maximum atomic E-state index is 9.66. The zero-order chi connectivity index (χ0) is 9.97. The van der Waals surface area contributed by atoms with Crippen LogP contribution < -0.4 is 5.32 Å². The third kappa shape index (κ3) is 2.86. The van der Waals surface area contributed by atoms with Crippen molar-refractivity contribution in [3.63, 3.8) is 0 Å². The van der Waals surface area contributed by atoms with Gasteiger partial charge in [-0.15, -0.1) is 17.0 Å². The fourth-order valence-electron chi connectivity index (χ4n) is 2.01. The topological polar surface area (TPSA) is 52.5 Å². The van der Waals surface area contributed by atoms with Crippen LogP contribution in [0.1, 0.15) is 24.3 Å². The lowest BCUT2D eigenvalue weighted by atomic mass is 9.89. The molecule has 0 aromatic heterocycles. The lowest BCUT2D eigenvalue weighted by Crippen LogP contribution is -2.26. The van der Waals surface area contributed by atoms with Crippen molar-refractivity contribution in [2.75, 3.05) is 13.1 Å².